The molecule has 2 amide bonds. The lowest BCUT2D eigenvalue weighted by Gasteiger charge is -2.34. The summed E-state index contributed by atoms with van der Waals surface area (Å²) < 4.78 is 0. The number of carbonyl (C=O) groups excluding carboxylic acids is 2. The van der Waals surface area contributed by atoms with Crippen LogP contribution in [-0.2, 0) is 9.59 Å². The van der Waals surface area contributed by atoms with Crippen molar-refractivity contribution in [2.24, 2.45) is 11.8 Å². The van der Waals surface area contributed by atoms with Gasteiger partial charge >= 0.3 is 0 Å². The summed E-state index contributed by atoms with van der Waals surface area (Å²) in [6, 6.07) is 0. The van der Waals surface area contributed by atoms with Crippen LogP contribution in [0.2, 0.25) is 0 Å². The number of piperazine rings is 1. The number of hydrogen-bond acceptors (Lipinski definition) is 3. The fourth-order valence-electron chi connectivity index (χ4n) is 3.62. The molecule has 0 radical (unpaired) electrons. The zero-order valence-corrected chi connectivity index (χ0v) is 14.8. The highest BCUT2D eigenvalue weighted by molar-refractivity contribution is 5.77. The second kappa shape index (κ2) is 8.48. The average molecular weight is 321 g/mol. The first-order valence-electron chi connectivity index (χ1n) is 8.89. The summed E-state index contributed by atoms with van der Waals surface area (Å²) in [6.07, 6.45) is 5.37. The summed E-state index contributed by atoms with van der Waals surface area (Å²) >= 11 is 0. The van der Waals surface area contributed by atoms with Gasteiger partial charge in [0.1, 0.15) is 0 Å². The second-order valence-corrected chi connectivity index (χ2v) is 6.95. The molecule has 2 aliphatic rings. The fraction of sp³-hybridized carbons (Fsp3) is 0.778. The molecule has 130 valence electrons. The molecular weight excluding hydrogens is 290 g/mol. The van der Waals surface area contributed by atoms with Crippen molar-refractivity contribution in [3.63, 3.8) is 0 Å². The van der Waals surface area contributed by atoms with Crippen molar-refractivity contribution in [2.45, 2.75) is 40.0 Å². The lowest BCUT2D eigenvalue weighted by Crippen LogP contribution is -2.50. The zero-order chi connectivity index (χ0) is 16.8. The fourth-order valence-corrected chi connectivity index (χ4v) is 3.62. The molecule has 1 N–H and O–H groups in total. The minimum absolute atomic E-state index is 0.101. The third kappa shape index (κ3) is 5.06. The van der Waals surface area contributed by atoms with Crippen LogP contribution in [-0.4, -0.2) is 60.9 Å². The van der Waals surface area contributed by atoms with Crippen LogP contribution in [0.5, 0.6) is 0 Å². The van der Waals surface area contributed by atoms with Crippen LogP contribution < -0.4 is 5.32 Å². The van der Waals surface area contributed by atoms with Gasteiger partial charge in [0.15, 0.2) is 0 Å². The Morgan fingerprint density at radius 1 is 1.22 bits per heavy atom. The Balaban J connectivity index is 1.65. The van der Waals surface area contributed by atoms with Gasteiger partial charge in [-0.3, -0.25) is 9.59 Å². The molecule has 2 atom stereocenters. The van der Waals surface area contributed by atoms with E-state index in [1.165, 1.54) is 18.4 Å². The van der Waals surface area contributed by atoms with Crippen molar-refractivity contribution in [1.29, 1.82) is 0 Å². The summed E-state index contributed by atoms with van der Waals surface area (Å²) in [6.45, 7) is 10.5. The van der Waals surface area contributed by atoms with Crippen LogP contribution in [0.15, 0.2) is 11.6 Å². The van der Waals surface area contributed by atoms with E-state index in [0.717, 1.165) is 19.0 Å². The van der Waals surface area contributed by atoms with Gasteiger partial charge < -0.3 is 15.1 Å². The first-order valence-corrected chi connectivity index (χ1v) is 8.89. The standard InChI is InChI=1S/C18H31N3O2/c1-14-5-4-6-15(2)17(14)13-19-8-7-18(23)21-11-9-20(10-12-21)16(3)22/h5,15,17,19H,4,6-13H2,1-3H3/t15-,17+/m0/s1. The number of hydrogen-bond donors (Lipinski definition) is 1. The quantitative estimate of drug-likeness (QED) is 0.619. The van der Waals surface area contributed by atoms with E-state index in [-0.39, 0.29) is 11.8 Å². The normalized spacial score (nSPS) is 25.3. The number of allylic oxidation sites excluding steroid dienone is 1. The van der Waals surface area contributed by atoms with Crippen molar-refractivity contribution in [3.8, 4) is 0 Å². The Morgan fingerprint density at radius 2 is 1.87 bits per heavy atom. The predicted octanol–water partition coefficient (Wildman–Crippen LogP) is 1.65. The van der Waals surface area contributed by atoms with Crippen molar-refractivity contribution >= 4 is 11.8 Å². The maximum atomic E-state index is 12.2. The van der Waals surface area contributed by atoms with Gasteiger partial charge in [-0.25, -0.2) is 0 Å². The number of nitrogens with zero attached hydrogens (tertiary/aromatic N) is 2. The molecule has 5 nitrogen and oxygen atoms in total. The summed E-state index contributed by atoms with van der Waals surface area (Å²) in [7, 11) is 0. The molecular formula is C18H31N3O2. The molecule has 2 rings (SSSR count). The Bertz CT molecular complexity index is 453. The summed E-state index contributed by atoms with van der Waals surface area (Å²) in [4.78, 5) is 27.2. The van der Waals surface area contributed by atoms with Gasteiger partial charge in [-0.1, -0.05) is 18.6 Å². The molecule has 5 heteroatoms. The van der Waals surface area contributed by atoms with E-state index in [1.54, 1.807) is 6.92 Å². The first-order chi connectivity index (χ1) is 11.0. The summed E-state index contributed by atoms with van der Waals surface area (Å²) in [5, 5.41) is 3.46. The van der Waals surface area contributed by atoms with E-state index < -0.39 is 0 Å². The third-order valence-corrected chi connectivity index (χ3v) is 5.32. The van der Waals surface area contributed by atoms with Crippen LogP contribution >= 0.6 is 0 Å². The van der Waals surface area contributed by atoms with E-state index in [2.05, 4.69) is 25.2 Å². The maximum Gasteiger partial charge on any atom is 0.223 e. The first kappa shape index (κ1) is 18.0. The van der Waals surface area contributed by atoms with E-state index in [0.29, 0.717) is 38.5 Å². The van der Waals surface area contributed by atoms with Crippen molar-refractivity contribution < 1.29 is 9.59 Å². The van der Waals surface area contributed by atoms with Gasteiger partial charge in [0.05, 0.1) is 0 Å². The monoisotopic (exact) mass is 321 g/mol. The Labute approximate surface area is 140 Å². The topological polar surface area (TPSA) is 52.7 Å². The number of nitrogens with one attached hydrogen (secondary N) is 1. The summed E-state index contributed by atoms with van der Waals surface area (Å²) in [5.41, 5.74) is 1.49. The molecule has 0 aromatic rings. The minimum Gasteiger partial charge on any atom is -0.339 e. The Morgan fingerprint density at radius 3 is 2.48 bits per heavy atom. The average Bonchev–Trinajstić information content (AvgIpc) is 2.53. The molecule has 0 saturated carbocycles. The molecule has 1 aliphatic heterocycles. The molecule has 0 unspecified atom stereocenters. The Hall–Kier alpha value is -1.36. The zero-order valence-electron chi connectivity index (χ0n) is 14.8. The van der Waals surface area contributed by atoms with Gasteiger partial charge in [0.25, 0.3) is 0 Å². The molecule has 1 aliphatic carbocycles. The van der Waals surface area contributed by atoms with Crippen molar-refractivity contribution in [3.05, 3.63) is 11.6 Å². The van der Waals surface area contributed by atoms with Gasteiger partial charge in [-0.2, -0.15) is 0 Å². The maximum absolute atomic E-state index is 12.2. The van der Waals surface area contributed by atoms with Crippen molar-refractivity contribution in [2.75, 3.05) is 39.3 Å². The second-order valence-electron chi connectivity index (χ2n) is 6.95. The number of carbonyl (C=O) groups is 2. The molecule has 1 saturated heterocycles. The lowest BCUT2D eigenvalue weighted by molar-refractivity contribution is -0.138. The SMILES string of the molecule is CC(=O)N1CCN(C(=O)CCNC[C@@H]2C(C)=CCC[C@@H]2C)CC1. The molecule has 23 heavy (non-hydrogen) atoms. The van der Waals surface area contributed by atoms with E-state index in [9.17, 15) is 9.59 Å². The molecule has 1 heterocycles. The highest BCUT2D eigenvalue weighted by Gasteiger charge is 2.23. The van der Waals surface area contributed by atoms with Gasteiger partial charge in [-0.05, 0) is 31.6 Å². The van der Waals surface area contributed by atoms with Gasteiger partial charge in [-0.15, -0.1) is 0 Å². The van der Waals surface area contributed by atoms with Gasteiger partial charge in [0.2, 0.25) is 11.8 Å². The van der Waals surface area contributed by atoms with Crippen LogP contribution in [0.3, 0.4) is 0 Å². The molecule has 0 bridgehead atoms. The smallest absolute Gasteiger partial charge is 0.223 e. The highest BCUT2D eigenvalue weighted by Crippen LogP contribution is 2.29. The van der Waals surface area contributed by atoms with E-state index in [1.807, 2.05) is 9.80 Å². The molecule has 0 aromatic carbocycles. The lowest BCUT2D eigenvalue weighted by atomic mass is 9.80. The molecule has 1 fully saturated rings. The third-order valence-electron chi connectivity index (χ3n) is 5.32. The summed E-state index contributed by atoms with van der Waals surface area (Å²) in [5.74, 6) is 1.63. The van der Waals surface area contributed by atoms with Crippen LogP contribution in [0.25, 0.3) is 0 Å². The van der Waals surface area contributed by atoms with E-state index in [4.69, 9.17) is 0 Å². The molecule has 0 spiro atoms. The predicted molar refractivity (Wildman–Crippen MR) is 92.0 cm³/mol. The van der Waals surface area contributed by atoms with Crippen LogP contribution in [0.4, 0.5) is 0 Å². The van der Waals surface area contributed by atoms with E-state index >= 15 is 0 Å². The largest absolute Gasteiger partial charge is 0.339 e. The van der Waals surface area contributed by atoms with Crippen LogP contribution in [0, 0.1) is 11.8 Å². The minimum atomic E-state index is 0.101. The van der Waals surface area contributed by atoms with Gasteiger partial charge in [0, 0.05) is 52.6 Å². The number of rotatable bonds is 5. The Kier molecular flexibility index (Phi) is 6.63. The number of amides is 2. The van der Waals surface area contributed by atoms with Crippen molar-refractivity contribution in [1.82, 2.24) is 15.1 Å². The molecule has 0 aromatic heterocycles. The highest BCUT2D eigenvalue weighted by atomic mass is 16.2. The van der Waals surface area contributed by atoms with Crippen LogP contribution in [0.1, 0.15) is 40.0 Å².